The molecule has 0 heterocycles. The average Bonchev–Trinajstić information content (AvgIpc) is 2.30. The lowest BCUT2D eigenvalue weighted by Crippen LogP contribution is -2.31. The Labute approximate surface area is 102 Å². The van der Waals surface area contributed by atoms with E-state index in [9.17, 15) is 4.39 Å². The van der Waals surface area contributed by atoms with Crippen molar-refractivity contribution in [3.63, 3.8) is 0 Å². The van der Waals surface area contributed by atoms with E-state index >= 15 is 0 Å². The molecule has 0 amide bonds. The van der Waals surface area contributed by atoms with Crippen molar-refractivity contribution in [2.45, 2.75) is 0 Å². The molecule has 5 nitrogen and oxygen atoms in total. The summed E-state index contributed by atoms with van der Waals surface area (Å²) in [5, 5.41) is 29.2. The molecule has 3 N–H and O–H groups in total. The van der Waals surface area contributed by atoms with E-state index in [4.69, 9.17) is 15.3 Å². The van der Waals surface area contributed by atoms with E-state index in [1.807, 2.05) is 0 Å². The third-order valence-corrected chi connectivity index (χ3v) is 2.43. The summed E-state index contributed by atoms with van der Waals surface area (Å²) >= 11 is 1.17. The Morgan fingerprint density at radius 2 is 2.29 bits per heavy atom. The second-order valence-electron chi connectivity index (χ2n) is 2.93. The topological polar surface area (TPSA) is 88.6 Å². The normalized spacial score (nSPS) is 10.9. The van der Waals surface area contributed by atoms with Crippen molar-refractivity contribution in [3.05, 3.63) is 24.0 Å². The van der Waals surface area contributed by atoms with Gasteiger partial charge in [-0.3, -0.25) is 5.32 Å². The number of rotatable bonds is 2. The van der Waals surface area contributed by atoms with Gasteiger partial charge < -0.3 is 10.0 Å². The molecule has 0 bridgehead atoms. The van der Waals surface area contributed by atoms with Crippen LogP contribution in [0.4, 0.5) is 10.1 Å². The molecule has 8 heteroatoms. The van der Waals surface area contributed by atoms with Crippen molar-refractivity contribution >= 4 is 35.2 Å². The summed E-state index contributed by atoms with van der Waals surface area (Å²) in [5.41, 5.74) is 0.129. The summed E-state index contributed by atoms with van der Waals surface area (Å²) in [6, 6.07) is 3.43. The van der Waals surface area contributed by atoms with Crippen LogP contribution in [0.3, 0.4) is 0 Å². The zero-order valence-electron chi connectivity index (χ0n) is 8.88. The lowest BCUT2D eigenvalue weighted by Gasteiger charge is -2.06. The molecule has 0 aliphatic carbocycles. The first-order valence-corrected chi connectivity index (χ1v) is 5.74. The number of nitrogens with zero attached hydrogens (tertiary/aromatic N) is 2. The summed E-state index contributed by atoms with van der Waals surface area (Å²) < 4.78 is 12.9. The van der Waals surface area contributed by atoms with E-state index < -0.39 is 12.9 Å². The molecule has 0 aliphatic heterocycles. The Bertz CT molecular complexity index is 476. The van der Waals surface area contributed by atoms with Crippen LogP contribution in [0.2, 0.25) is 0 Å². The van der Waals surface area contributed by atoms with Crippen LogP contribution in [-0.2, 0) is 0 Å². The Balaban J connectivity index is 3.17. The van der Waals surface area contributed by atoms with Gasteiger partial charge in [-0.1, -0.05) is 11.8 Å². The Kier molecular flexibility index (Phi) is 4.96. The van der Waals surface area contributed by atoms with Gasteiger partial charge >= 0.3 is 7.12 Å². The second kappa shape index (κ2) is 6.25. The van der Waals surface area contributed by atoms with E-state index in [-0.39, 0.29) is 16.3 Å². The first kappa shape index (κ1) is 13.5. The standard InChI is InChI=1S/C9H9BFN3O2S/c1-17-9(13-5-12)14-8-3-2-6(11)4-7(8)10(15)16/h2-4,15-16H,1H3,(H,13,14). The lowest BCUT2D eigenvalue weighted by atomic mass is 9.79. The molecule has 0 radical (unpaired) electrons. The minimum Gasteiger partial charge on any atom is -0.423 e. The summed E-state index contributed by atoms with van der Waals surface area (Å²) in [4.78, 5) is 3.99. The van der Waals surface area contributed by atoms with E-state index in [0.717, 1.165) is 12.1 Å². The van der Waals surface area contributed by atoms with Gasteiger partial charge in [0.1, 0.15) is 5.82 Å². The van der Waals surface area contributed by atoms with Gasteiger partial charge in [-0.2, -0.15) is 5.26 Å². The molecule has 0 spiro atoms. The number of nitrogens with one attached hydrogen (secondary N) is 1. The fraction of sp³-hybridized carbons (Fsp3) is 0.111. The highest BCUT2D eigenvalue weighted by atomic mass is 32.2. The molecule has 1 aromatic rings. The maximum Gasteiger partial charge on any atom is 0.490 e. The van der Waals surface area contributed by atoms with E-state index in [0.29, 0.717) is 0 Å². The average molecular weight is 253 g/mol. The van der Waals surface area contributed by atoms with Crippen molar-refractivity contribution in [1.29, 1.82) is 5.26 Å². The third-order valence-electron chi connectivity index (χ3n) is 1.85. The number of thioether (sulfide) groups is 1. The first-order chi connectivity index (χ1) is 8.08. The second-order valence-corrected chi connectivity index (χ2v) is 3.73. The first-order valence-electron chi connectivity index (χ1n) is 4.52. The molecule has 0 aromatic heterocycles. The van der Waals surface area contributed by atoms with Crippen molar-refractivity contribution < 1.29 is 14.4 Å². The Morgan fingerprint density at radius 3 is 2.82 bits per heavy atom. The van der Waals surface area contributed by atoms with Gasteiger partial charge in [0.05, 0.1) is 5.69 Å². The predicted molar refractivity (Wildman–Crippen MR) is 65.6 cm³/mol. The summed E-state index contributed by atoms with van der Waals surface area (Å²) in [7, 11) is -1.82. The van der Waals surface area contributed by atoms with Crippen LogP contribution in [0.15, 0.2) is 23.2 Å². The number of halogens is 1. The Morgan fingerprint density at radius 1 is 1.59 bits per heavy atom. The fourth-order valence-electron chi connectivity index (χ4n) is 1.12. The highest BCUT2D eigenvalue weighted by Crippen LogP contribution is 2.13. The molecule has 0 saturated heterocycles. The molecular formula is C9H9BFN3O2S. The van der Waals surface area contributed by atoms with Gasteiger partial charge in [0.15, 0.2) is 11.4 Å². The van der Waals surface area contributed by atoms with Crippen LogP contribution in [0.1, 0.15) is 0 Å². The summed E-state index contributed by atoms with van der Waals surface area (Å²) in [5.74, 6) is -0.592. The number of benzene rings is 1. The van der Waals surface area contributed by atoms with Crippen LogP contribution in [-0.4, -0.2) is 28.6 Å². The van der Waals surface area contributed by atoms with Crippen LogP contribution in [0.5, 0.6) is 0 Å². The van der Waals surface area contributed by atoms with E-state index in [1.54, 1.807) is 12.4 Å². The molecule has 1 aromatic carbocycles. The van der Waals surface area contributed by atoms with Gasteiger partial charge in [0, 0.05) is 5.46 Å². The van der Waals surface area contributed by atoms with Gasteiger partial charge in [-0.15, -0.1) is 0 Å². The van der Waals surface area contributed by atoms with Crippen molar-refractivity contribution in [3.8, 4) is 6.19 Å². The minimum absolute atomic E-state index is 0.0590. The maximum absolute atomic E-state index is 12.9. The van der Waals surface area contributed by atoms with Gasteiger partial charge in [-0.05, 0) is 24.5 Å². The summed E-state index contributed by atoms with van der Waals surface area (Å²) in [6.07, 6.45) is 3.39. The number of nitriles is 1. The number of amidine groups is 1. The SMILES string of the molecule is CSC(=Nc1ccc(F)cc1B(O)O)NC#N. The molecule has 17 heavy (non-hydrogen) atoms. The lowest BCUT2D eigenvalue weighted by molar-refractivity contribution is 0.425. The molecule has 1 rings (SSSR count). The molecule has 0 atom stereocenters. The predicted octanol–water partition coefficient (Wildman–Crippen LogP) is -0.0733. The van der Waals surface area contributed by atoms with Crippen LogP contribution in [0.25, 0.3) is 0 Å². The maximum atomic E-state index is 12.9. The number of hydrogen-bond acceptors (Lipinski definition) is 5. The molecule has 0 fully saturated rings. The third kappa shape index (κ3) is 3.74. The highest BCUT2D eigenvalue weighted by Gasteiger charge is 2.17. The van der Waals surface area contributed by atoms with Gasteiger partial charge in [-0.25, -0.2) is 9.38 Å². The number of aliphatic imine (C=N–C) groups is 1. The molecule has 88 valence electrons. The van der Waals surface area contributed by atoms with Crippen LogP contribution < -0.4 is 10.8 Å². The molecule has 0 unspecified atom stereocenters. The zero-order chi connectivity index (χ0) is 12.8. The van der Waals surface area contributed by atoms with Crippen molar-refractivity contribution in [1.82, 2.24) is 5.32 Å². The van der Waals surface area contributed by atoms with Crippen LogP contribution in [0, 0.1) is 17.3 Å². The fourth-order valence-corrected chi connectivity index (χ4v) is 1.45. The Hall–Kier alpha value is -1.56. The zero-order valence-corrected chi connectivity index (χ0v) is 9.70. The van der Waals surface area contributed by atoms with Crippen molar-refractivity contribution in [2.75, 3.05) is 6.26 Å². The largest absolute Gasteiger partial charge is 0.490 e. The molecule has 0 aliphatic rings. The van der Waals surface area contributed by atoms with Gasteiger partial charge in [0.2, 0.25) is 0 Å². The smallest absolute Gasteiger partial charge is 0.423 e. The van der Waals surface area contributed by atoms with E-state index in [2.05, 4.69) is 10.3 Å². The number of hydrogen-bond donors (Lipinski definition) is 3. The van der Waals surface area contributed by atoms with Gasteiger partial charge in [0.25, 0.3) is 0 Å². The molecule has 0 saturated carbocycles. The highest BCUT2D eigenvalue weighted by molar-refractivity contribution is 8.13. The quantitative estimate of drug-likeness (QED) is 0.226. The van der Waals surface area contributed by atoms with Crippen LogP contribution >= 0.6 is 11.8 Å². The molecular weight excluding hydrogens is 244 g/mol. The summed E-state index contributed by atoms with van der Waals surface area (Å²) in [6.45, 7) is 0. The minimum atomic E-state index is -1.82. The van der Waals surface area contributed by atoms with Crippen molar-refractivity contribution in [2.24, 2.45) is 4.99 Å². The monoisotopic (exact) mass is 253 g/mol. The van der Waals surface area contributed by atoms with E-state index in [1.165, 1.54) is 17.8 Å².